The summed E-state index contributed by atoms with van der Waals surface area (Å²) >= 11 is 1.68. The van der Waals surface area contributed by atoms with E-state index in [9.17, 15) is 13.5 Å². The molecule has 3 aliphatic rings. The first kappa shape index (κ1) is 18.5. The Morgan fingerprint density at radius 2 is 2.07 bits per heavy atom. The fourth-order valence-corrected chi connectivity index (χ4v) is 6.41. The molecule has 2 fully saturated rings. The second-order valence-electron chi connectivity index (χ2n) is 8.52. The molecule has 1 aromatic carbocycles. The lowest BCUT2D eigenvalue weighted by Gasteiger charge is -2.15. The van der Waals surface area contributed by atoms with E-state index in [-0.39, 0.29) is 17.4 Å². The SMILES string of the molecule is CS(=O)(=O)Cc1cc(NC2CCCC2)c2[nH]c(C3=NC4(CS3)C[C@H]4O)cc2c1. The summed E-state index contributed by atoms with van der Waals surface area (Å²) in [6.07, 6.45) is 6.46. The second-order valence-corrected chi connectivity index (χ2v) is 11.6. The van der Waals surface area contributed by atoms with Gasteiger partial charge < -0.3 is 15.4 Å². The number of hydrogen-bond donors (Lipinski definition) is 3. The van der Waals surface area contributed by atoms with E-state index in [2.05, 4.69) is 16.4 Å². The number of H-pyrrole nitrogens is 1. The van der Waals surface area contributed by atoms with Crippen LogP contribution in [0.15, 0.2) is 23.2 Å². The molecular weight excluding hydrogens is 394 g/mol. The first-order chi connectivity index (χ1) is 13.3. The summed E-state index contributed by atoms with van der Waals surface area (Å²) in [4.78, 5) is 8.28. The van der Waals surface area contributed by atoms with Crippen LogP contribution in [0.4, 0.5) is 5.69 Å². The maximum absolute atomic E-state index is 11.8. The minimum Gasteiger partial charge on any atom is -0.390 e. The van der Waals surface area contributed by atoms with Crippen molar-refractivity contribution in [3.8, 4) is 0 Å². The van der Waals surface area contributed by atoms with Crippen molar-refractivity contribution < 1.29 is 13.5 Å². The van der Waals surface area contributed by atoms with Gasteiger partial charge >= 0.3 is 0 Å². The molecule has 0 radical (unpaired) electrons. The Labute approximate surface area is 169 Å². The highest BCUT2D eigenvalue weighted by Crippen LogP contribution is 2.48. The summed E-state index contributed by atoms with van der Waals surface area (Å²) in [7, 11) is -3.11. The highest BCUT2D eigenvalue weighted by Gasteiger charge is 2.56. The van der Waals surface area contributed by atoms with Gasteiger partial charge in [0.2, 0.25) is 0 Å². The first-order valence-electron chi connectivity index (χ1n) is 9.82. The lowest BCUT2D eigenvalue weighted by Crippen LogP contribution is -2.15. The summed E-state index contributed by atoms with van der Waals surface area (Å²) in [6.45, 7) is 0. The predicted octanol–water partition coefficient (Wildman–Crippen LogP) is 3.06. The molecule has 150 valence electrons. The average molecular weight is 420 g/mol. The fraction of sp³-hybridized carbons (Fsp3) is 0.550. The van der Waals surface area contributed by atoms with E-state index in [1.54, 1.807) is 11.8 Å². The number of rotatable bonds is 5. The molecule has 1 aliphatic heterocycles. The van der Waals surface area contributed by atoms with Crippen LogP contribution in [0.25, 0.3) is 10.9 Å². The van der Waals surface area contributed by atoms with E-state index >= 15 is 0 Å². The molecule has 6 nitrogen and oxygen atoms in total. The third-order valence-corrected chi connectivity index (χ3v) is 8.04. The van der Waals surface area contributed by atoms with E-state index in [1.165, 1.54) is 19.1 Å². The van der Waals surface area contributed by atoms with Crippen molar-refractivity contribution in [2.45, 2.75) is 55.5 Å². The standard InChI is InChI=1S/C20H25N3O3S2/c1-28(25,26)10-12-6-13-8-16(19-23-20(11-27-19)9-17(20)24)22-18(13)15(7-12)21-14-4-2-3-5-14/h6-8,14,17,21-22,24H,2-5,9-11H2,1H3/t17-,20?/m1/s1. The minimum atomic E-state index is -3.11. The predicted molar refractivity (Wildman–Crippen MR) is 115 cm³/mol. The van der Waals surface area contributed by atoms with Gasteiger partial charge in [-0.2, -0.15) is 0 Å². The van der Waals surface area contributed by atoms with Crippen molar-refractivity contribution in [1.29, 1.82) is 0 Å². The Hall–Kier alpha value is -1.51. The number of aromatic amines is 1. The topological polar surface area (TPSA) is 94.5 Å². The van der Waals surface area contributed by atoms with Crippen molar-refractivity contribution in [2.24, 2.45) is 4.99 Å². The number of aromatic nitrogens is 1. The largest absolute Gasteiger partial charge is 0.390 e. The van der Waals surface area contributed by atoms with Gasteiger partial charge in [0.25, 0.3) is 0 Å². The summed E-state index contributed by atoms with van der Waals surface area (Å²) in [5.41, 5.74) is 3.45. The van der Waals surface area contributed by atoms with Gasteiger partial charge in [0.05, 0.1) is 34.3 Å². The normalized spacial score (nSPS) is 27.6. The number of anilines is 1. The van der Waals surface area contributed by atoms with Crippen LogP contribution < -0.4 is 5.32 Å². The van der Waals surface area contributed by atoms with Crippen LogP contribution in [0, 0.1) is 0 Å². The molecule has 2 heterocycles. The quantitative estimate of drug-likeness (QED) is 0.692. The van der Waals surface area contributed by atoms with Crippen molar-refractivity contribution >= 4 is 43.2 Å². The first-order valence-corrected chi connectivity index (χ1v) is 12.9. The summed E-state index contributed by atoms with van der Waals surface area (Å²) < 4.78 is 23.7. The third-order valence-electron chi connectivity index (χ3n) is 5.95. The molecule has 1 spiro atoms. The van der Waals surface area contributed by atoms with E-state index < -0.39 is 9.84 Å². The van der Waals surface area contributed by atoms with Gasteiger partial charge in [0.1, 0.15) is 5.04 Å². The molecule has 5 rings (SSSR count). The molecule has 2 aromatic rings. The number of aliphatic hydroxyl groups is 1. The number of aliphatic hydroxyl groups excluding tert-OH is 1. The molecule has 3 N–H and O–H groups in total. The van der Waals surface area contributed by atoms with Crippen molar-refractivity contribution in [1.82, 2.24) is 4.98 Å². The van der Waals surface area contributed by atoms with E-state index in [4.69, 9.17) is 4.99 Å². The molecule has 0 bridgehead atoms. The van der Waals surface area contributed by atoms with Crippen LogP contribution >= 0.6 is 11.8 Å². The summed E-state index contributed by atoms with van der Waals surface area (Å²) in [5, 5.41) is 15.4. The summed E-state index contributed by atoms with van der Waals surface area (Å²) in [5.74, 6) is 0.860. The number of aliphatic imine (C=N–C) groups is 1. The Morgan fingerprint density at radius 3 is 2.71 bits per heavy atom. The van der Waals surface area contributed by atoms with Crippen LogP contribution in [0.2, 0.25) is 0 Å². The number of sulfone groups is 1. The molecule has 2 atom stereocenters. The fourth-order valence-electron chi connectivity index (χ4n) is 4.36. The molecule has 1 unspecified atom stereocenters. The zero-order valence-electron chi connectivity index (χ0n) is 15.9. The van der Waals surface area contributed by atoms with Crippen LogP contribution in [0.1, 0.15) is 43.4 Å². The number of nitrogens with zero attached hydrogens (tertiary/aromatic N) is 1. The average Bonchev–Trinajstić information content (AvgIpc) is 3.08. The Bertz CT molecular complexity index is 1070. The Balaban J connectivity index is 1.55. The number of hydrogen-bond acceptors (Lipinski definition) is 6. The van der Waals surface area contributed by atoms with Gasteiger partial charge in [0.15, 0.2) is 9.84 Å². The van der Waals surface area contributed by atoms with Gasteiger partial charge in [0, 0.05) is 29.9 Å². The molecule has 8 heteroatoms. The lowest BCUT2D eigenvalue weighted by molar-refractivity contribution is 0.255. The highest BCUT2D eigenvalue weighted by molar-refractivity contribution is 8.14. The number of nitrogens with one attached hydrogen (secondary N) is 2. The second kappa shape index (κ2) is 6.50. The molecule has 28 heavy (non-hydrogen) atoms. The van der Waals surface area contributed by atoms with Crippen LogP contribution in [0.5, 0.6) is 0 Å². The lowest BCUT2D eigenvalue weighted by atomic mass is 10.1. The highest BCUT2D eigenvalue weighted by atomic mass is 32.2. The molecule has 0 saturated heterocycles. The Morgan fingerprint density at radius 1 is 1.32 bits per heavy atom. The van der Waals surface area contributed by atoms with Crippen LogP contribution in [0.3, 0.4) is 0 Å². The van der Waals surface area contributed by atoms with Gasteiger partial charge in [-0.25, -0.2) is 8.42 Å². The zero-order chi connectivity index (χ0) is 19.5. The van der Waals surface area contributed by atoms with E-state index in [0.29, 0.717) is 6.04 Å². The molecule has 2 aliphatic carbocycles. The molecule has 1 aromatic heterocycles. The van der Waals surface area contributed by atoms with Crippen LogP contribution in [-0.4, -0.2) is 53.2 Å². The summed E-state index contributed by atoms with van der Waals surface area (Å²) in [6, 6.07) is 6.42. The monoisotopic (exact) mass is 419 g/mol. The van der Waals surface area contributed by atoms with Gasteiger partial charge in [-0.1, -0.05) is 12.8 Å². The van der Waals surface area contributed by atoms with Crippen LogP contribution in [-0.2, 0) is 15.6 Å². The maximum Gasteiger partial charge on any atom is 0.151 e. The number of thioether (sulfide) groups is 1. The smallest absolute Gasteiger partial charge is 0.151 e. The molecular formula is C20H25N3O3S2. The van der Waals surface area contributed by atoms with E-state index in [0.717, 1.165) is 57.9 Å². The maximum atomic E-state index is 11.8. The zero-order valence-corrected chi connectivity index (χ0v) is 17.5. The van der Waals surface area contributed by atoms with Crippen molar-refractivity contribution in [3.63, 3.8) is 0 Å². The number of fused-ring (bicyclic) bond motifs is 1. The van der Waals surface area contributed by atoms with Gasteiger partial charge in [-0.3, -0.25) is 4.99 Å². The third kappa shape index (κ3) is 3.46. The van der Waals surface area contributed by atoms with Crippen molar-refractivity contribution in [2.75, 3.05) is 17.3 Å². The molecule has 2 saturated carbocycles. The number of benzene rings is 1. The van der Waals surface area contributed by atoms with Gasteiger partial charge in [-0.05, 0) is 36.6 Å². The van der Waals surface area contributed by atoms with Crippen molar-refractivity contribution in [3.05, 3.63) is 29.5 Å². The van der Waals surface area contributed by atoms with E-state index in [1.807, 2.05) is 12.1 Å². The van der Waals surface area contributed by atoms with Gasteiger partial charge in [-0.15, -0.1) is 11.8 Å². The molecule has 0 amide bonds. The Kier molecular flexibility index (Phi) is 4.30. The minimum absolute atomic E-state index is 0.0355.